The van der Waals surface area contributed by atoms with Crippen molar-refractivity contribution in [1.29, 1.82) is 0 Å². The number of nitrogens with one attached hydrogen (secondary N) is 1. The van der Waals surface area contributed by atoms with E-state index in [4.69, 9.17) is 0 Å². The number of hydrogen-bond acceptors (Lipinski definition) is 4. The zero-order valence-corrected chi connectivity index (χ0v) is 11.8. The Morgan fingerprint density at radius 3 is 2.53 bits per heavy atom. The van der Waals surface area contributed by atoms with Gasteiger partial charge in [-0.2, -0.15) is 0 Å². The molecule has 0 aromatic heterocycles. The van der Waals surface area contributed by atoms with Crippen molar-refractivity contribution in [3.63, 3.8) is 0 Å². The highest BCUT2D eigenvalue weighted by atomic mass is 32.2. The SMILES string of the molecule is CC(=O)c1cccc(NC(=O)CCCS(C)(=O)=O)c1. The quantitative estimate of drug-likeness (QED) is 0.805. The maximum Gasteiger partial charge on any atom is 0.224 e. The average Bonchev–Trinajstić information content (AvgIpc) is 2.27. The summed E-state index contributed by atoms with van der Waals surface area (Å²) in [6.07, 6.45) is 1.57. The highest BCUT2D eigenvalue weighted by Gasteiger charge is 2.07. The van der Waals surface area contributed by atoms with E-state index in [2.05, 4.69) is 5.32 Å². The van der Waals surface area contributed by atoms with Crippen molar-refractivity contribution in [2.45, 2.75) is 19.8 Å². The molecule has 0 aliphatic rings. The van der Waals surface area contributed by atoms with Crippen LogP contribution in [-0.2, 0) is 14.6 Å². The van der Waals surface area contributed by atoms with Crippen molar-refractivity contribution >= 4 is 27.2 Å². The van der Waals surface area contributed by atoms with Crippen molar-refractivity contribution in [1.82, 2.24) is 0 Å². The van der Waals surface area contributed by atoms with Crippen LogP contribution in [0.3, 0.4) is 0 Å². The first-order chi connectivity index (χ1) is 8.78. The van der Waals surface area contributed by atoms with E-state index in [-0.39, 0.29) is 30.3 Å². The molecule has 0 heterocycles. The molecule has 1 rings (SSSR count). The highest BCUT2D eigenvalue weighted by Crippen LogP contribution is 2.11. The van der Waals surface area contributed by atoms with E-state index in [1.54, 1.807) is 24.3 Å². The van der Waals surface area contributed by atoms with Gasteiger partial charge in [0.15, 0.2) is 5.78 Å². The molecular formula is C13H17NO4S. The number of hydrogen-bond donors (Lipinski definition) is 1. The van der Waals surface area contributed by atoms with E-state index in [1.165, 1.54) is 6.92 Å². The summed E-state index contributed by atoms with van der Waals surface area (Å²) in [6, 6.07) is 6.63. The lowest BCUT2D eigenvalue weighted by atomic mass is 10.1. The standard InChI is InChI=1S/C13H17NO4S/c1-10(15)11-5-3-6-12(9-11)14-13(16)7-4-8-19(2,17)18/h3,5-6,9H,4,7-8H2,1-2H3,(H,14,16). The van der Waals surface area contributed by atoms with Gasteiger partial charge in [0.25, 0.3) is 0 Å². The summed E-state index contributed by atoms with van der Waals surface area (Å²) >= 11 is 0. The van der Waals surface area contributed by atoms with Gasteiger partial charge in [0.1, 0.15) is 9.84 Å². The highest BCUT2D eigenvalue weighted by molar-refractivity contribution is 7.90. The molecule has 5 nitrogen and oxygen atoms in total. The van der Waals surface area contributed by atoms with Crippen molar-refractivity contribution in [2.75, 3.05) is 17.3 Å². The summed E-state index contributed by atoms with van der Waals surface area (Å²) in [4.78, 5) is 22.8. The van der Waals surface area contributed by atoms with Crippen LogP contribution in [0.4, 0.5) is 5.69 Å². The fourth-order valence-corrected chi connectivity index (χ4v) is 2.20. The van der Waals surface area contributed by atoms with E-state index < -0.39 is 9.84 Å². The van der Waals surface area contributed by atoms with Crippen LogP contribution in [-0.4, -0.2) is 32.1 Å². The van der Waals surface area contributed by atoms with Gasteiger partial charge < -0.3 is 5.32 Å². The Labute approximate surface area is 112 Å². The largest absolute Gasteiger partial charge is 0.326 e. The van der Waals surface area contributed by atoms with Crippen LogP contribution < -0.4 is 5.32 Å². The first-order valence-electron chi connectivity index (χ1n) is 5.86. The minimum absolute atomic E-state index is 0.00605. The number of carbonyl (C=O) groups is 2. The molecule has 1 aromatic rings. The van der Waals surface area contributed by atoms with Crippen LogP contribution in [0.2, 0.25) is 0 Å². The molecule has 1 N–H and O–H groups in total. The number of anilines is 1. The van der Waals surface area contributed by atoms with Crippen molar-refractivity contribution in [2.24, 2.45) is 0 Å². The van der Waals surface area contributed by atoms with Crippen LogP contribution in [0.1, 0.15) is 30.1 Å². The second-order valence-electron chi connectivity index (χ2n) is 4.42. The lowest BCUT2D eigenvalue weighted by molar-refractivity contribution is -0.116. The second kappa shape index (κ2) is 6.47. The molecule has 0 aliphatic heterocycles. The van der Waals surface area contributed by atoms with Crippen LogP contribution in [0.5, 0.6) is 0 Å². The van der Waals surface area contributed by atoms with E-state index in [0.29, 0.717) is 11.3 Å². The molecule has 6 heteroatoms. The zero-order chi connectivity index (χ0) is 14.5. The topological polar surface area (TPSA) is 80.3 Å². The molecule has 19 heavy (non-hydrogen) atoms. The van der Waals surface area contributed by atoms with E-state index >= 15 is 0 Å². The molecule has 104 valence electrons. The van der Waals surface area contributed by atoms with Crippen molar-refractivity contribution < 1.29 is 18.0 Å². The molecule has 0 unspecified atom stereocenters. The Morgan fingerprint density at radius 1 is 1.26 bits per heavy atom. The van der Waals surface area contributed by atoms with Gasteiger partial charge in [0, 0.05) is 23.9 Å². The number of rotatable bonds is 6. The minimum Gasteiger partial charge on any atom is -0.326 e. The molecule has 1 amide bonds. The summed E-state index contributed by atoms with van der Waals surface area (Å²) in [5.74, 6) is -0.342. The molecule has 0 saturated carbocycles. The fourth-order valence-electron chi connectivity index (χ4n) is 1.53. The molecule has 0 atom stereocenters. The normalized spacial score (nSPS) is 11.1. The molecule has 0 fully saturated rings. The second-order valence-corrected chi connectivity index (χ2v) is 6.68. The summed E-state index contributed by atoms with van der Waals surface area (Å²) in [5, 5.41) is 2.64. The first-order valence-corrected chi connectivity index (χ1v) is 7.92. The number of sulfone groups is 1. The van der Waals surface area contributed by atoms with Crippen molar-refractivity contribution in [3.05, 3.63) is 29.8 Å². The first kappa shape index (κ1) is 15.4. The number of amides is 1. The molecule has 1 aromatic carbocycles. The molecule has 0 bridgehead atoms. The number of carbonyl (C=O) groups excluding carboxylic acids is 2. The van der Waals surface area contributed by atoms with Gasteiger partial charge in [-0.3, -0.25) is 9.59 Å². The predicted octanol–water partition coefficient (Wildman–Crippen LogP) is 1.65. The van der Waals surface area contributed by atoms with Crippen LogP contribution in [0.25, 0.3) is 0 Å². The summed E-state index contributed by atoms with van der Waals surface area (Å²) in [7, 11) is -3.04. The van der Waals surface area contributed by atoms with Gasteiger partial charge in [0.05, 0.1) is 5.75 Å². The van der Waals surface area contributed by atoms with Gasteiger partial charge in [0.2, 0.25) is 5.91 Å². The zero-order valence-electron chi connectivity index (χ0n) is 11.0. The Balaban J connectivity index is 2.53. The third-order valence-electron chi connectivity index (χ3n) is 2.47. The average molecular weight is 283 g/mol. The minimum atomic E-state index is -3.04. The maximum absolute atomic E-state index is 11.6. The van der Waals surface area contributed by atoms with Gasteiger partial charge in [-0.05, 0) is 25.5 Å². The maximum atomic E-state index is 11.6. The van der Waals surface area contributed by atoms with E-state index in [0.717, 1.165) is 6.26 Å². The molecule has 0 spiro atoms. The summed E-state index contributed by atoms with van der Waals surface area (Å²) in [6.45, 7) is 1.45. The van der Waals surface area contributed by atoms with Gasteiger partial charge in [-0.15, -0.1) is 0 Å². The number of Topliss-reactive ketones (excluding diaryl/α,β-unsaturated/α-hetero) is 1. The van der Waals surface area contributed by atoms with E-state index in [9.17, 15) is 18.0 Å². The molecule has 0 saturated heterocycles. The van der Waals surface area contributed by atoms with Crippen LogP contribution >= 0.6 is 0 Å². The third-order valence-corrected chi connectivity index (χ3v) is 3.50. The number of ketones is 1. The Hall–Kier alpha value is -1.69. The summed E-state index contributed by atoms with van der Waals surface area (Å²) in [5.41, 5.74) is 1.06. The van der Waals surface area contributed by atoms with Crippen molar-refractivity contribution in [3.8, 4) is 0 Å². The van der Waals surface area contributed by atoms with Crippen LogP contribution in [0.15, 0.2) is 24.3 Å². The Kier molecular flexibility index (Phi) is 5.23. The Bertz CT molecular complexity index is 578. The van der Waals surface area contributed by atoms with Gasteiger partial charge in [-0.25, -0.2) is 8.42 Å². The fraction of sp³-hybridized carbons (Fsp3) is 0.385. The van der Waals surface area contributed by atoms with Gasteiger partial charge >= 0.3 is 0 Å². The Morgan fingerprint density at radius 2 is 1.95 bits per heavy atom. The monoisotopic (exact) mass is 283 g/mol. The lowest BCUT2D eigenvalue weighted by Gasteiger charge is -2.06. The van der Waals surface area contributed by atoms with E-state index in [1.807, 2.05) is 0 Å². The molecule has 0 radical (unpaired) electrons. The predicted molar refractivity (Wildman–Crippen MR) is 74.0 cm³/mol. The summed E-state index contributed by atoms with van der Waals surface area (Å²) < 4.78 is 21.8. The molecular weight excluding hydrogens is 266 g/mol. The lowest BCUT2D eigenvalue weighted by Crippen LogP contribution is -2.13. The smallest absolute Gasteiger partial charge is 0.224 e. The van der Waals surface area contributed by atoms with Crippen LogP contribution in [0, 0.1) is 0 Å². The van der Waals surface area contributed by atoms with Gasteiger partial charge in [-0.1, -0.05) is 12.1 Å². The molecule has 0 aliphatic carbocycles. The third kappa shape index (κ3) is 6.15. The number of benzene rings is 1.